The Morgan fingerprint density at radius 1 is 0.983 bits per heavy atom. The maximum atomic E-state index is 14.7. The molecule has 2 unspecified atom stereocenters. The lowest BCUT2D eigenvalue weighted by molar-refractivity contribution is -0.141. The molecule has 5 atom stereocenters. The van der Waals surface area contributed by atoms with Crippen LogP contribution in [-0.4, -0.2) is 96.0 Å². The van der Waals surface area contributed by atoms with Crippen molar-refractivity contribution in [2.45, 2.75) is 113 Å². The summed E-state index contributed by atoms with van der Waals surface area (Å²) in [5, 5.41) is 11.6. The van der Waals surface area contributed by atoms with Crippen molar-refractivity contribution in [3.63, 3.8) is 0 Å². The van der Waals surface area contributed by atoms with Crippen molar-refractivity contribution in [2.75, 3.05) is 25.5 Å². The number of hydrogen-bond acceptors (Lipinski definition) is 10. The van der Waals surface area contributed by atoms with Crippen LogP contribution in [0.1, 0.15) is 84.6 Å². The number of nitrogens with one attached hydrogen (secondary N) is 3. The molecule has 4 aliphatic rings. The largest absolute Gasteiger partial charge is 0.444 e. The monoisotopic (exact) mass is 815 g/mol. The molecule has 3 fully saturated rings. The summed E-state index contributed by atoms with van der Waals surface area (Å²) in [6.07, 6.45) is 8.71. The first-order valence-electron chi connectivity index (χ1n) is 20.1. The maximum Gasteiger partial charge on any atom is 0.408 e. The molecule has 0 bridgehead atoms. The van der Waals surface area contributed by atoms with E-state index in [4.69, 9.17) is 4.74 Å². The van der Waals surface area contributed by atoms with E-state index in [0.717, 1.165) is 29.2 Å². The average molecular weight is 816 g/mol. The van der Waals surface area contributed by atoms with Gasteiger partial charge in [-0.15, -0.1) is 0 Å². The Bertz CT molecular complexity index is 2310. The molecule has 2 aromatic carbocycles. The number of nitrogens with zero attached hydrogens (tertiary/aromatic N) is 4. The van der Waals surface area contributed by atoms with Crippen LogP contribution in [0.15, 0.2) is 65.6 Å². The molecule has 3 aromatic rings. The smallest absolute Gasteiger partial charge is 0.408 e. The molecule has 2 saturated carbocycles. The Hall–Kier alpha value is -5.25. The van der Waals surface area contributed by atoms with Gasteiger partial charge in [-0.3, -0.25) is 23.9 Å². The minimum absolute atomic E-state index is 0.0390. The first kappa shape index (κ1) is 40.9. The highest BCUT2D eigenvalue weighted by Crippen LogP contribution is 2.46. The second-order valence-electron chi connectivity index (χ2n) is 17.2. The molecule has 3 heterocycles. The van der Waals surface area contributed by atoms with Gasteiger partial charge in [0.25, 0.3) is 11.5 Å². The van der Waals surface area contributed by atoms with Crippen LogP contribution in [0.3, 0.4) is 0 Å². The lowest BCUT2D eigenvalue weighted by Gasteiger charge is -2.30. The van der Waals surface area contributed by atoms with Crippen LogP contribution < -0.4 is 25.8 Å². The molecule has 1 aromatic heterocycles. The van der Waals surface area contributed by atoms with Gasteiger partial charge in [0.05, 0.1) is 17.5 Å². The maximum absolute atomic E-state index is 14.7. The third-order valence-corrected chi connectivity index (χ3v) is 13.2. The predicted octanol–water partition coefficient (Wildman–Crippen LogP) is 4.17. The summed E-state index contributed by atoms with van der Waals surface area (Å²) in [6.45, 7) is 5.05. The van der Waals surface area contributed by atoms with Crippen LogP contribution in [-0.2, 0) is 29.1 Å². The first-order valence-corrected chi connectivity index (χ1v) is 21.7. The molecular formula is C42H53N7O8S. The molecule has 310 valence electrons. The number of carbonyl (C=O) groups is 4. The Morgan fingerprint density at radius 3 is 2.45 bits per heavy atom. The molecule has 16 heteroatoms. The molecular weight excluding hydrogens is 763 g/mol. The minimum atomic E-state index is -3.93. The van der Waals surface area contributed by atoms with Crippen LogP contribution in [0.5, 0.6) is 0 Å². The normalized spacial score (nSPS) is 26.0. The summed E-state index contributed by atoms with van der Waals surface area (Å²) >= 11 is 0. The molecule has 15 nitrogen and oxygen atoms in total. The highest BCUT2D eigenvalue weighted by atomic mass is 32.2. The van der Waals surface area contributed by atoms with Gasteiger partial charge in [-0.05, 0) is 75.6 Å². The fraction of sp³-hybridized carbons (Fsp3) is 0.524. The number of carbonyl (C=O) groups excluding carboxylic acids is 4. The second kappa shape index (κ2) is 15.8. The van der Waals surface area contributed by atoms with E-state index in [9.17, 15) is 32.4 Å². The van der Waals surface area contributed by atoms with E-state index in [0.29, 0.717) is 36.9 Å². The fourth-order valence-corrected chi connectivity index (χ4v) is 9.58. The van der Waals surface area contributed by atoms with Crippen LogP contribution in [0.4, 0.5) is 10.5 Å². The molecule has 3 N–H and O–H groups in total. The zero-order chi connectivity index (χ0) is 41.6. The lowest BCUT2D eigenvalue weighted by atomic mass is 9.98. The molecule has 2 aliphatic heterocycles. The SMILES string of the molecule is CN(C)c1c(-c2cccc3ccccc23)cnn(C2C[C@H]3C(=O)NC4(C(=O)NS(=O)(=O)C5CC5)C[C@H]4/C=C\CCCCC[C@H](NC(=O)OC(C)(C)C)C(=O)N3C2)c1=O. The van der Waals surface area contributed by atoms with Gasteiger partial charge in [-0.1, -0.05) is 67.5 Å². The van der Waals surface area contributed by atoms with E-state index in [1.54, 1.807) is 46.0 Å². The van der Waals surface area contributed by atoms with E-state index in [2.05, 4.69) is 20.5 Å². The number of fused-ring (bicyclic) bond motifs is 3. The number of allylic oxidation sites excluding steroid dienone is 1. The van der Waals surface area contributed by atoms with E-state index < -0.39 is 79.8 Å². The van der Waals surface area contributed by atoms with Crippen LogP contribution in [0, 0.1) is 5.92 Å². The van der Waals surface area contributed by atoms with Crippen molar-refractivity contribution in [1.82, 2.24) is 30.0 Å². The zero-order valence-corrected chi connectivity index (χ0v) is 34.5. The van der Waals surface area contributed by atoms with Crippen molar-refractivity contribution in [3.05, 3.63) is 71.2 Å². The molecule has 0 spiro atoms. The number of sulfonamides is 1. The van der Waals surface area contributed by atoms with Gasteiger partial charge < -0.3 is 25.2 Å². The van der Waals surface area contributed by atoms with Gasteiger partial charge >= 0.3 is 6.09 Å². The number of benzene rings is 2. The van der Waals surface area contributed by atoms with Gasteiger partial charge in [0.1, 0.15) is 28.9 Å². The second-order valence-corrected chi connectivity index (χ2v) is 19.1. The predicted molar refractivity (Wildman–Crippen MR) is 219 cm³/mol. The molecule has 0 radical (unpaired) electrons. The number of hydrogen-bond donors (Lipinski definition) is 3. The third-order valence-electron chi connectivity index (χ3n) is 11.4. The Kier molecular flexibility index (Phi) is 11.2. The highest BCUT2D eigenvalue weighted by Gasteiger charge is 2.62. The molecule has 4 amide bonds. The van der Waals surface area contributed by atoms with Gasteiger partial charge in [0, 0.05) is 38.5 Å². The molecule has 1 saturated heterocycles. The first-order chi connectivity index (χ1) is 27.5. The van der Waals surface area contributed by atoms with Gasteiger partial charge in [0.2, 0.25) is 21.8 Å². The van der Waals surface area contributed by atoms with Crippen LogP contribution in [0.25, 0.3) is 21.9 Å². The van der Waals surface area contributed by atoms with Gasteiger partial charge in [-0.25, -0.2) is 17.9 Å². The van der Waals surface area contributed by atoms with Crippen LogP contribution >= 0.6 is 0 Å². The van der Waals surface area contributed by atoms with E-state index in [1.807, 2.05) is 54.6 Å². The number of amides is 4. The van der Waals surface area contributed by atoms with E-state index in [1.165, 1.54) is 9.58 Å². The van der Waals surface area contributed by atoms with Crippen molar-refractivity contribution < 1.29 is 32.3 Å². The van der Waals surface area contributed by atoms with Gasteiger partial charge in [-0.2, -0.15) is 5.10 Å². The minimum Gasteiger partial charge on any atom is -0.444 e. The van der Waals surface area contributed by atoms with Crippen molar-refractivity contribution >= 4 is 50.3 Å². The number of aromatic nitrogens is 2. The van der Waals surface area contributed by atoms with Gasteiger partial charge in [0.15, 0.2) is 0 Å². The zero-order valence-electron chi connectivity index (χ0n) is 33.7. The Morgan fingerprint density at radius 2 is 1.72 bits per heavy atom. The quantitative estimate of drug-likeness (QED) is 0.292. The summed E-state index contributed by atoms with van der Waals surface area (Å²) in [4.78, 5) is 73.8. The Labute approximate surface area is 338 Å². The van der Waals surface area contributed by atoms with Crippen molar-refractivity contribution in [2.24, 2.45) is 5.92 Å². The average Bonchev–Trinajstić information content (AvgIpc) is 4.08. The summed E-state index contributed by atoms with van der Waals surface area (Å²) in [6, 6.07) is 10.7. The van der Waals surface area contributed by atoms with E-state index >= 15 is 0 Å². The summed E-state index contributed by atoms with van der Waals surface area (Å²) in [7, 11) is -0.386. The Balaban J connectivity index is 1.26. The standard InChI is InChI=1S/C42H53N7O8S/c1-41(2,3)57-40(54)44-33-19-10-8-6-7-9-16-27-23-42(27,39(53)46-58(55,56)29-20-21-29)45-36(50)34-22-28(25-48(34)37(33)51)49-38(52)35(47(4)5)32(24-43-49)31-18-13-15-26-14-11-12-17-30(26)31/h9,11-18,24,27-29,33-34H,6-8,10,19-23,25H2,1-5H3,(H,44,54)(H,45,50)(H,46,53)/b16-9-/t27-,28?,33+,34+,42?/m1/s1. The number of alkyl carbamates (subject to hydrolysis) is 1. The number of rotatable bonds is 7. The topological polar surface area (TPSA) is 189 Å². The lowest BCUT2D eigenvalue weighted by Crippen LogP contribution is -2.58. The van der Waals surface area contributed by atoms with Crippen molar-refractivity contribution in [3.8, 4) is 11.1 Å². The summed E-state index contributed by atoms with van der Waals surface area (Å²) in [5.74, 6) is -2.50. The van der Waals surface area contributed by atoms with Crippen molar-refractivity contribution in [1.29, 1.82) is 0 Å². The fourth-order valence-electron chi connectivity index (χ4n) is 8.21. The molecule has 7 rings (SSSR count). The number of ether oxygens (including phenoxy) is 1. The number of anilines is 1. The summed E-state index contributed by atoms with van der Waals surface area (Å²) < 4.78 is 34.9. The summed E-state index contributed by atoms with van der Waals surface area (Å²) in [5.41, 5.74) is -0.997. The van der Waals surface area contributed by atoms with Crippen LogP contribution in [0.2, 0.25) is 0 Å². The highest BCUT2D eigenvalue weighted by molar-refractivity contribution is 7.91. The van der Waals surface area contributed by atoms with E-state index in [-0.39, 0.29) is 25.8 Å². The third kappa shape index (κ3) is 8.47. The molecule has 2 aliphatic carbocycles. The molecule has 58 heavy (non-hydrogen) atoms.